The molecule has 0 amide bonds. The first kappa shape index (κ1) is 120. The minimum absolute atomic E-state index is 0.111. The average Bonchev–Trinajstić information content (AvgIpc) is 0.766. The molecule has 0 radical (unpaired) electrons. The molecule has 142 heavy (non-hydrogen) atoms. The summed E-state index contributed by atoms with van der Waals surface area (Å²) in [5, 5.41) is 25.9. The standard InChI is InChI=1S/C111H213N25O6/c1-37-49-58-125(85-73-100(13,14)131(137-67-43-7)101(15,16)74-85)94-115-91(116-95(121-94)126(59-50-38-2)86-75-102(17,18)132(138-68-44-8)103(19,20)76-86)112-55-64-124(65-56-113-92-117-96(127(60-51-39-3)87-77-104(21,22)133(139-69-45-9)105(23,24)78-87)122-97(118-92)128(61-52-40-4)88-79-106(25,26)134(140-70-46-10)107(27,28)80-88)66-57-114-93-119-98(129(62-53-41-5)89-81-108(29,30)135(141-71-47-11)109(31,32)82-89)123-99(120-93)130(63-54-42-6)90-83-110(33,34)136(142-72-48-12)111(35,36)84-90/h85-90H,37-84H2,1-36H3,(H,112,115,116,121)(H,113,117,118,122)(H,114,119,120,123). The quantitative estimate of drug-likeness (QED) is 0.0475. The largest absolute Gasteiger partial charge is 0.353 e. The van der Waals surface area contributed by atoms with Crippen LogP contribution < -0.4 is 45.3 Å². The van der Waals surface area contributed by atoms with Gasteiger partial charge in [0.25, 0.3) is 0 Å². The summed E-state index contributed by atoms with van der Waals surface area (Å²) in [4.78, 5) is 110. The number of hydrogen-bond acceptors (Lipinski definition) is 31. The maximum Gasteiger partial charge on any atom is 0.232 e. The van der Waals surface area contributed by atoms with Crippen LogP contribution in [0.15, 0.2) is 0 Å². The second kappa shape index (κ2) is 52.4. The lowest BCUT2D eigenvalue weighted by Gasteiger charge is -2.56. The minimum atomic E-state index is -0.287. The van der Waals surface area contributed by atoms with E-state index in [-0.39, 0.29) is 103 Å². The Labute approximate surface area is 866 Å². The number of nitrogens with zero attached hydrogens (tertiary/aromatic N) is 22. The summed E-state index contributed by atoms with van der Waals surface area (Å²) in [6.07, 6.45) is 28.2. The van der Waals surface area contributed by atoms with Crippen LogP contribution in [0.1, 0.15) is 442 Å². The van der Waals surface area contributed by atoms with Crippen molar-refractivity contribution in [3.63, 3.8) is 0 Å². The molecule has 3 N–H and O–H groups in total. The molecule has 0 unspecified atom stereocenters. The third-order valence-electron chi connectivity index (χ3n) is 30.6. The Morgan fingerprint density at radius 3 is 0.458 bits per heavy atom. The first-order valence-electron chi connectivity index (χ1n) is 57.2. The lowest BCUT2D eigenvalue weighted by molar-refractivity contribution is -0.282. The van der Waals surface area contributed by atoms with Crippen LogP contribution in [-0.2, 0) is 29.0 Å². The van der Waals surface area contributed by atoms with Gasteiger partial charge in [0.1, 0.15) is 0 Å². The van der Waals surface area contributed by atoms with Crippen LogP contribution in [0.2, 0.25) is 0 Å². The molecule has 9 heterocycles. The van der Waals surface area contributed by atoms with E-state index in [9.17, 15) is 0 Å². The van der Waals surface area contributed by atoms with Gasteiger partial charge in [-0.3, -0.25) is 33.9 Å². The summed E-state index contributed by atoms with van der Waals surface area (Å²) in [6.45, 7) is 96.0. The van der Waals surface area contributed by atoms with Gasteiger partial charge in [-0.1, -0.05) is 122 Å². The SMILES string of the molecule is CCCCN(c1nc(NCCN(CCNc2nc(N(CCCC)C3CC(C)(C)N(OCCC)C(C)(C)C3)nc(N(CCCC)C3CC(C)(C)N(OCCC)C(C)(C)C3)n2)CCNc2nc(N(CCCC)C3CC(C)(C)N(OCCC)C(C)(C)C3)nc(N(CCCC)C3CC(C)(C)N(OCCC)C(C)(C)C3)n2)nc(N(CCCC)C2CC(C)(C)N(OCCC)C(C)(C)C2)n1)C1CC(C)(C)N(OCCC)C(C)(C)C1. The smallest absolute Gasteiger partial charge is 0.232 e. The van der Waals surface area contributed by atoms with E-state index < -0.39 is 0 Å². The molecule has 31 nitrogen and oxygen atoms in total. The van der Waals surface area contributed by atoms with Crippen molar-refractivity contribution >= 4 is 53.5 Å². The predicted molar refractivity (Wildman–Crippen MR) is 590 cm³/mol. The molecule has 3 aromatic heterocycles. The van der Waals surface area contributed by atoms with Gasteiger partial charge in [0.2, 0.25) is 53.5 Å². The van der Waals surface area contributed by atoms with Crippen LogP contribution >= 0.6 is 0 Å². The number of anilines is 9. The Bertz CT molecular complexity index is 3450. The van der Waals surface area contributed by atoms with E-state index in [4.69, 9.17) is 73.9 Å². The Balaban J connectivity index is 1.21. The van der Waals surface area contributed by atoms with Crippen LogP contribution in [0, 0.1) is 0 Å². The highest BCUT2D eigenvalue weighted by Crippen LogP contribution is 2.50. The van der Waals surface area contributed by atoms with Crippen molar-refractivity contribution in [2.45, 2.75) is 545 Å². The molecule has 6 saturated heterocycles. The number of rotatable bonds is 60. The summed E-state index contributed by atoms with van der Waals surface area (Å²) in [7, 11) is 0. The van der Waals surface area contributed by atoms with Gasteiger partial charge in [0, 0.05) is 181 Å². The first-order valence-corrected chi connectivity index (χ1v) is 57.2. The summed E-state index contributed by atoms with van der Waals surface area (Å²) >= 11 is 0. The van der Waals surface area contributed by atoms with Gasteiger partial charge in [0.15, 0.2) is 0 Å². The second-order valence-corrected chi connectivity index (χ2v) is 50.6. The normalized spacial score (nSPS) is 21.8. The fourth-order valence-corrected chi connectivity index (χ4v) is 25.8. The monoisotopic (exact) mass is 1990 g/mol. The van der Waals surface area contributed by atoms with E-state index in [1.807, 2.05) is 0 Å². The molecule has 818 valence electrons. The first-order chi connectivity index (χ1) is 66.8. The molecule has 0 saturated carbocycles. The van der Waals surface area contributed by atoms with E-state index >= 15 is 0 Å². The number of aromatic nitrogens is 9. The number of piperidine rings is 6. The average molecular weight is 1990 g/mol. The Morgan fingerprint density at radius 2 is 0.338 bits per heavy atom. The van der Waals surface area contributed by atoms with Crippen LogP contribution in [-0.4, -0.2) is 301 Å². The number of hydrogen-bond donors (Lipinski definition) is 3. The molecular formula is C111H213N25O6. The maximum absolute atomic E-state index is 6.74. The van der Waals surface area contributed by atoms with Gasteiger partial charge in [-0.25, -0.2) is 0 Å². The Morgan fingerprint density at radius 1 is 0.204 bits per heavy atom. The van der Waals surface area contributed by atoms with E-state index in [2.05, 4.69) is 330 Å². The van der Waals surface area contributed by atoms with Gasteiger partial charge in [-0.2, -0.15) is 75.2 Å². The van der Waals surface area contributed by atoms with Crippen molar-refractivity contribution in [2.24, 2.45) is 0 Å². The topological polar surface area (TPSA) is 250 Å². The zero-order valence-corrected chi connectivity index (χ0v) is 97.7. The third kappa shape index (κ3) is 31.5. The molecule has 0 atom stereocenters. The van der Waals surface area contributed by atoms with Gasteiger partial charge in [-0.05, 0) is 320 Å². The molecule has 0 aliphatic carbocycles. The van der Waals surface area contributed by atoms with Gasteiger partial charge in [0.05, 0.1) is 39.6 Å². The molecule has 6 aliphatic heterocycles. The van der Waals surface area contributed by atoms with Gasteiger partial charge < -0.3 is 45.3 Å². The Kier molecular flexibility index (Phi) is 44.4. The van der Waals surface area contributed by atoms with Gasteiger partial charge in [-0.15, -0.1) is 0 Å². The molecule has 31 heteroatoms. The van der Waals surface area contributed by atoms with Crippen molar-refractivity contribution in [1.82, 2.24) is 80.1 Å². The van der Waals surface area contributed by atoms with Crippen molar-refractivity contribution in [1.29, 1.82) is 0 Å². The summed E-state index contributed by atoms with van der Waals surface area (Å²) in [5.74, 6) is 6.07. The molecule has 0 aromatic carbocycles. The minimum Gasteiger partial charge on any atom is -0.353 e. The Hall–Kier alpha value is -5.29. The molecule has 0 bridgehead atoms. The summed E-state index contributed by atoms with van der Waals surface area (Å²) < 4.78 is 0. The molecule has 6 fully saturated rings. The molecular weight excluding hydrogens is 1780 g/mol. The van der Waals surface area contributed by atoms with Gasteiger partial charge >= 0.3 is 0 Å². The third-order valence-corrected chi connectivity index (χ3v) is 30.6. The van der Waals surface area contributed by atoms with Crippen molar-refractivity contribution in [3.05, 3.63) is 0 Å². The van der Waals surface area contributed by atoms with Crippen molar-refractivity contribution < 1.29 is 29.0 Å². The lowest BCUT2D eigenvalue weighted by atomic mass is 9.78. The van der Waals surface area contributed by atoms with Crippen molar-refractivity contribution in [3.8, 4) is 0 Å². The fourth-order valence-electron chi connectivity index (χ4n) is 25.8. The van der Waals surface area contributed by atoms with E-state index in [1.165, 1.54) is 0 Å². The van der Waals surface area contributed by atoms with E-state index in [0.717, 1.165) is 268 Å². The van der Waals surface area contributed by atoms with E-state index in [1.54, 1.807) is 0 Å². The molecule has 6 aliphatic rings. The van der Waals surface area contributed by atoms with Crippen LogP contribution in [0.3, 0.4) is 0 Å². The highest BCUT2D eigenvalue weighted by Gasteiger charge is 2.56. The van der Waals surface area contributed by atoms with Crippen LogP contribution in [0.4, 0.5) is 53.5 Å². The highest BCUT2D eigenvalue weighted by molar-refractivity contribution is 5.51. The zero-order chi connectivity index (χ0) is 105. The summed E-state index contributed by atoms with van der Waals surface area (Å²) in [6, 6.07) is 0.667. The van der Waals surface area contributed by atoms with Crippen molar-refractivity contribution in [2.75, 3.05) is 164 Å². The fraction of sp³-hybridized carbons (Fsp3) is 0.919. The molecule has 0 spiro atoms. The zero-order valence-electron chi connectivity index (χ0n) is 97.7. The van der Waals surface area contributed by atoms with Crippen LogP contribution in [0.25, 0.3) is 0 Å². The number of unbranched alkanes of at least 4 members (excludes halogenated alkanes) is 6. The molecule has 9 rings (SSSR count). The second-order valence-electron chi connectivity index (χ2n) is 50.6. The van der Waals surface area contributed by atoms with Crippen LogP contribution in [0.5, 0.6) is 0 Å². The van der Waals surface area contributed by atoms with E-state index in [0.29, 0.717) is 96.8 Å². The maximum atomic E-state index is 6.74. The number of hydroxylamine groups is 12. The summed E-state index contributed by atoms with van der Waals surface area (Å²) in [5.41, 5.74) is -3.44. The number of nitrogens with one attached hydrogen (secondary N) is 3. The predicted octanol–water partition coefficient (Wildman–Crippen LogP) is 23.0. The highest BCUT2D eigenvalue weighted by atomic mass is 16.7. The lowest BCUT2D eigenvalue weighted by Crippen LogP contribution is -2.64. The molecule has 3 aromatic rings.